The maximum atomic E-state index is 12.1. The van der Waals surface area contributed by atoms with E-state index in [0.717, 1.165) is 42.0 Å². The van der Waals surface area contributed by atoms with Gasteiger partial charge in [-0.1, -0.05) is 31.2 Å². The molecule has 0 saturated carbocycles. The lowest BCUT2D eigenvalue weighted by Gasteiger charge is -2.22. The molecule has 0 fully saturated rings. The van der Waals surface area contributed by atoms with E-state index in [4.69, 9.17) is 14.5 Å². The van der Waals surface area contributed by atoms with Crippen LogP contribution in [0.5, 0.6) is 5.75 Å². The van der Waals surface area contributed by atoms with Crippen LogP contribution in [0, 0.1) is 12.3 Å². The molecule has 5 heteroatoms. The zero-order chi connectivity index (χ0) is 22.4. The summed E-state index contributed by atoms with van der Waals surface area (Å²) in [6.45, 7) is 11.7. The first-order chi connectivity index (χ1) is 14.9. The molecule has 3 rings (SSSR count). The van der Waals surface area contributed by atoms with Crippen LogP contribution in [0.15, 0.2) is 42.5 Å². The molecule has 0 saturated heterocycles. The van der Waals surface area contributed by atoms with E-state index in [9.17, 15) is 4.79 Å². The summed E-state index contributed by atoms with van der Waals surface area (Å²) >= 11 is 0. The molecule has 1 aromatic heterocycles. The number of benzene rings is 2. The molecule has 0 atom stereocenters. The van der Waals surface area contributed by atoms with Crippen molar-refractivity contribution in [2.45, 2.75) is 60.4 Å². The Kier molecular flexibility index (Phi) is 7.37. The minimum Gasteiger partial charge on any atom is -0.492 e. The van der Waals surface area contributed by atoms with Gasteiger partial charge < -0.3 is 14.0 Å². The monoisotopic (exact) mass is 422 g/mol. The third-order valence-electron chi connectivity index (χ3n) is 5.51. The fourth-order valence-corrected chi connectivity index (χ4v) is 3.87. The summed E-state index contributed by atoms with van der Waals surface area (Å²) in [5, 5.41) is 0. The number of carbonyl (C=O) groups is 1. The Balaban J connectivity index is 1.63. The summed E-state index contributed by atoms with van der Waals surface area (Å²) < 4.78 is 13.5. The Bertz CT molecular complexity index is 1020. The van der Waals surface area contributed by atoms with Crippen molar-refractivity contribution in [1.29, 1.82) is 0 Å². The Morgan fingerprint density at radius 1 is 1.10 bits per heavy atom. The van der Waals surface area contributed by atoms with Gasteiger partial charge in [-0.15, -0.1) is 0 Å². The van der Waals surface area contributed by atoms with Gasteiger partial charge in [0, 0.05) is 6.42 Å². The maximum absolute atomic E-state index is 12.1. The molecule has 3 aromatic rings. The van der Waals surface area contributed by atoms with E-state index in [2.05, 4.69) is 36.6 Å². The standard InChI is InChI=1S/C26H34N2O3/c1-6-9-23-27-24-19(3)10-8-11-22(24)28(23)16-17-31-21-14-12-20(13-15-21)18-26(4,5)25(29)30-7-2/h8,10-15H,6-7,9,16-18H2,1-5H3. The molecule has 0 aliphatic rings. The van der Waals surface area contributed by atoms with Crippen LogP contribution in [-0.2, 0) is 28.9 Å². The maximum Gasteiger partial charge on any atom is 0.311 e. The SMILES string of the molecule is CCCc1nc2c(C)cccc2n1CCOc1ccc(CC(C)(C)C(=O)OCC)cc1. The van der Waals surface area contributed by atoms with Crippen molar-refractivity contribution in [3.8, 4) is 5.75 Å². The number of fused-ring (bicyclic) bond motifs is 1. The zero-order valence-corrected chi connectivity index (χ0v) is 19.4. The summed E-state index contributed by atoms with van der Waals surface area (Å²) in [4.78, 5) is 17.0. The molecule has 31 heavy (non-hydrogen) atoms. The predicted molar refractivity (Wildman–Crippen MR) is 125 cm³/mol. The van der Waals surface area contributed by atoms with Crippen molar-refractivity contribution in [3.05, 3.63) is 59.4 Å². The second-order valence-electron chi connectivity index (χ2n) is 8.65. The van der Waals surface area contributed by atoms with Gasteiger partial charge in [0.15, 0.2) is 0 Å². The van der Waals surface area contributed by atoms with E-state index >= 15 is 0 Å². The van der Waals surface area contributed by atoms with Gasteiger partial charge in [-0.25, -0.2) is 4.98 Å². The van der Waals surface area contributed by atoms with E-state index in [1.807, 2.05) is 45.0 Å². The van der Waals surface area contributed by atoms with Gasteiger partial charge in [-0.3, -0.25) is 4.79 Å². The predicted octanol–water partition coefficient (Wildman–Crippen LogP) is 5.51. The Morgan fingerprint density at radius 3 is 2.52 bits per heavy atom. The second-order valence-corrected chi connectivity index (χ2v) is 8.65. The fourth-order valence-electron chi connectivity index (χ4n) is 3.87. The first-order valence-corrected chi connectivity index (χ1v) is 11.2. The Morgan fingerprint density at radius 2 is 1.84 bits per heavy atom. The number of esters is 1. The van der Waals surface area contributed by atoms with Crippen molar-refractivity contribution in [3.63, 3.8) is 0 Å². The highest BCUT2D eigenvalue weighted by Crippen LogP contribution is 2.25. The Hall–Kier alpha value is -2.82. The topological polar surface area (TPSA) is 53.4 Å². The van der Waals surface area contributed by atoms with Crippen molar-refractivity contribution in [1.82, 2.24) is 9.55 Å². The number of carbonyl (C=O) groups excluding carboxylic acids is 1. The summed E-state index contributed by atoms with van der Waals surface area (Å²) in [6, 6.07) is 14.3. The van der Waals surface area contributed by atoms with Gasteiger partial charge in [0.2, 0.25) is 0 Å². The van der Waals surface area contributed by atoms with Crippen LogP contribution < -0.4 is 4.74 Å². The first-order valence-electron chi connectivity index (χ1n) is 11.2. The summed E-state index contributed by atoms with van der Waals surface area (Å²) in [5.41, 5.74) is 4.00. The van der Waals surface area contributed by atoms with Crippen LogP contribution >= 0.6 is 0 Å². The Labute approximate surface area is 185 Å². The van der Waals surface area contributed by atoms with Crippen molar-refractivity contribution in [2.75, 3.05) is 13.2 Å². The summed E-state index contributed by atoms with van der Waals surface area (Å²) in [5.74, 6) is 1.78. The van der Waals surface area contributed by atoms with Crippen molar-refractivity contribution >= 4 is 17.0 Å². The van der Waals surface area contributed by atoms with Crippen molar-refractivity contribution < 1.29 is 14.3 Å². The molecule has 0 N–H and O–H groups in total. The number of hydrogen-bond donors (Lipinski definition) is 0. The molecule has 166 valence electrons. The lowest BCUT2D eigenvalue weighted by molar-refractivity contribution is -0.153. The van der Waals surface area contributed by atoms with Gasteiger partial charge in [0.25, 0.3) is 0 Å². The van der Waals surface area contributed by atoms with E-state index in [-0.39, 0.29) is 5.97 Å². The van der Waals surface area contributed by atoms with Gasteiger partial charge in [0.1, 0.15) is 18.2 Å². The number of imidazole rings is 1. The molecule has 0 aliphatic heterocycles. The zero-order valence-electron chi connectivity index (χ0n) is 19.4. The second kappa shape index (κ2) is 9.99. The number of hydrogen-bond acceptors (Lipinski definition) is 4. The van der Waals surface area contributed by atoms with Crippen LogP contribution in [0.1, 0.15) is 51.1 Å². The third kappa shape index (κ3) is 5.46. The number of para-hydroxylation sites is 1. The van der Waals surface area contributed by atoms with Crippen molar-refractivity contribution in [2.24, 2.45) is 5.41 Å². The highest BCUT2D eigenvalue weighted by Gasteiger charge is 2.29. The van der Waals surface area contributed by atoms with Gasteiger partial charge in [-0.05, 0) is 69.9 Å². The average molecular weight is 423 g/mol. The molecule has 0 amide bonds. The van der Waals surface area contributed by atoms with E-state index in [0.29, 0.717) is 19.6 Å². The van der Waals surface area contributed by atoms with Gasteiger partial charge in [0.05, 0.1) is 29.6 Å². The lowest BCUT2D eigenvalue weighted by atomic mass is 9.86. The highest BCUT2D eigenvalue weighted by atomic mass is 16.5. The van der Waals surface area contributed by atoms with Gasteiger partial charge >= 0.3 is 5.97 Å². The van der Waals surface area contributed by atoms with E-state index in [1.165, 1.54) is 11.1 Å². The van der Waals surface area contributed by atoms with E-state index in [1.54, 1.807) is 0 Å². The van der Waals surface area contributed by atoms with Crippen LogP contribution in [-0.4, -0.2) is 28.7 Å². The number of rotatable bonds is 10. The largest absolute Gasteiger partial charge is 0.492 e. The molecule has 2 aromatic carbocycles. The smallest absolute Gasteiger partial charge is 0.311 e. The molecule has 0 aliphatic carbocycles. The molecule has 0 spiro atoms. The minimum atomic E-state index is -0.547. The molecular weight excluding hydrogens is 388 g/mol. The summed E-state index contributed by atoms with van der Waals surface area (Å²) in [7, 11) is 0. The van der Waals surface area contributed by atoms with Crippen LogP contribution in [0.4, 0.5) is 0 Å². The molecule has 0 bridgehead atoms. The molecule has 0 unspecified atom stereocenters. The molecule has 1 heterocycles. The fraction of sp³-hybridized carbons (Fsp3) is 0.462. The minimum absolute atomic E-state index is 0.166. The van der Waals surface area contributed by atoms with Gasteiger partial charge in [-0.2, -0.15) is 0 Å². The number of aromatic nitrogens is 2. The number of ether oxygens (including phenoxy) is 2. The normalized spacial score (nSPS) is 11.6. The van der Waals surface area contributed by atoms with Crippen LogP contribution in [0.2, 0.25) is 0 Å². The first kappa shape index (κ1) is 22.9. The number of aryl methyl sites for hydroxylation is 2. The lowest BCUT2D eigenvalue weighted by Crippen LogP contribution is -2.28. The third-order valence-corrected chi connectivity index (χ3v) is 5.51. The van der Waals surface area contributed by atoms with Crippen LogP contribution in [0.25, 0.3) is 11.0 Å². The quantitative estimate of drug-likeness (QED) is 0.404. The average Bonchev–Trinajstić information content (AvgIpc) is 3.08. The molecular formula is C26H34N2O3. The molecule has 5 nitrogen and oxygen atoms in total. The molecule has 0 radical (unpaired) electrons. The highest BCUT2D eigenvalue weighted by molar-refractivity contribution is 5.79. The number of nitrogens with zero attached hydrogens (tertiary/aromatic N) is 2. The summed E-state index contributed by atoms with van der Waals surface area (Å²) in [6.07, 6.45) is 2.65. The van der Waals surface area contributed by atoms with Crippen LogP contribution in [0.3, 0.4) is 0 Å². The van der Waals surface area contributed by atoms with E-state index < -0.39 is 5.41 Å².